The normalized spacial score (nSPS) is 12.2. The highest BCUT2D eigenvalue weighted by Crippen LogP contribution is 2.16. The molecule has 0 aliphatic carbocycles. The van der Waals surface area contributed by atoms with E-state index in [9.17, 15) is 22.4 Å². The van der Waals surface area contributed by atoms with Crippen molar-refractivity contribution in [1.29, 1.82) is 0 Å². The highest BCUT2D eigenvalue weighted by atomic mass is 32.2. The van der Waals surface area contributed by atoms with Gasteiger partial charge in [-0.3, -0.25) is 9.59 Å². The monoisotopic (exact) mass is 474 g/mol. The zero-order valence-corrected chi connectivity index (χ0v) is 18.8. The zero-order chi connectivity index (χ0) is 24.0. The molecule has 0 saturated carbocycles. The van der Waals surface area contributed by atoms with Crippen molar-refractivity contribution in [2.24, 2.45) is 0 Å². The molecule has 9 nitrogen and oxygen atoms in total. The second-order valence-electron chi connectivity index (χ2n) is 7.36. The fourth-order valence-electron chi connectivity index (χ4n) is 3.11. The van der Waals surface area contributed by atoms with Crippen LogP contribution < -0.4 is 10.0 Å². The first kappa shape index (κ1) is 24.1. The van der Waals surface area contributed by atoms with E-state index in [0.717, 1.165) is 17.0 Å². The molecule has 1 heterocycles. The van der Waals surface area contributed by atoms with E-state index >= 15 is 0 Å². The zero-order valence-electron chi connectivity index (χ0n) is 18.0. The number of hydrogen-bond acceptors (Lipinski definition) is 6. The maximum Gasteiger partial charge on any atom is 0.245 e. The van der Waals surface area contributed by atoms with E-state index in [4.69, 9.17) is 4.52 Å². The number of likely N-dealkylation sites (N-methyl/N-ethyl adjacent to an activating group) is 1. The minimum atomic E-state index is -4.36. The minimum Gasteiger partial charge on any atom is -0.360 e. The van der Waals surface area contributed by atoms with Crippen LogP contribution in [0.2, 0.25) is 0 Å². The standard InChI is InChI=1S/C22H23FN4O5S/c1-15-12-20(25-32-15)24-21(28)14-27(2)22(29)18(13-16-8-4-3-5-9-16)26-33(30,31)19-11-7-6-10-17(19)23/h3-12,18,26H,13-14H2,1-2H3,(H,24,25,28). The van der Waals surface area contributed by atoms with Crippen molar-refractivity contribution in [3.05, 3.63) is 77.8 Å². The summed E-state index contributed by atoms with van der Waals surface area (Å²) in [6.45, 7) is 1.30. The summed E-state index contributed by atoms with van der Waals surface area (Å²) in [6, 6.07) is 13.9. The van der Waals surface area contributed by atoms with Crippen molar-refractivity contribution < 1.29 is 26.9 Å². The molecule has 0 spiro atoms. The lowest BCUT2D eigenvalue weighted by atomic mass is 10.1. The number of aryl methyl sites for hydroxylation is 1. The first-order chi connectivity index (χ1) is 15.7. The fourth-order valence-corrected chi connectivity index (χ4v) is 4.38. The Kier molecular flexibility index (Phi) is 7.56. The Hall–Kier alpha value is -3.57. The van der Waals surface area contributed by atoms with Gasteiger partial charge in [-0.2, -0.15) is 4.72 Å². The van der Waals surface area contributed by atoms with Gasteiger partial charge in [-0.15, -0.1) is 0 Å². The lowest BCUT2D eigenvalue weighted by molar-refractivity contribution is -0.134. The van der Waals surface area contributed by atoms with Crippen LogP contribution in [-0.4, -0.2) is 49.9 Å². The van der Waals surface area contributed by atoms with Crippen LogP contribution in [0.4, 0.5) is 10.2 Å². The van der Waals surface area contributed by atoms with Crippen LogP contribution >= 0.6 is 0 Å². The summed E-state index contributed by atoms with van der Waals surface area (Å²) in [4.78, 5) is 25.9. The van der Waals surface area contributed by atoms with Crippen molar-refractivity contribution in [3.63, 3.8) is 0 Å². The van der Waals surface area contributed by atoms with E-state index in [0.29, 0.717) is 11.3 Å². The number of carbonyl (C=O) groups excluding carboxylic acids is 2. The molecule has 0 aliphatic rings. The summed E-state index contributed by atoms with van der Waals surface area (Å²) in [5.41, 5.74) is 0.683. The number of nitrogens with one attached hydrogen (secondary N) is 2. The molecule has 3 rings (SSSR count). The predicted octanol–water partition coefficient (Wildman–Crippen LogP) is 2.11. The van der Waals surface area contributed by atoms with Gasteiger partial charge in [-0.25, -0.2) is 12.8 Å². The maximum atomic E-state index is 14.1. The van der Waals surface area contributed by atoms with Crippen molar-refractivity contribution in [2.75, 3.05) is 18.9 Å². The molecule has 3 aromatic rings. The van der Waals surface area contributed by atoms with Gasteiger partial charge in [0, 0.05) is 13.1 Å². The highest BCUT2D eigenvalue weighted by molar-refractivity contribution is 7.89. The van der Waals surface area contributed by atoms with Crippen LogP contribution in [0.15, 0.2) is 70.1 Å². The first-order valence-corrected chi connectivity index (χ1v) is 11.4. The maximum absolute atomic E-state index is 14.1. The molecule has 1 atom stereocenters. The van der Waals surface area contributed by atoms with Gasteiger partial charge >= 0.3 is 0 Å². The van der Waals surface area contributed by atoms with Gasteiger partial charge in [0.1, 0.15) is 22.5 Å². The lowest BCUT2D eigenvalue weighted by Gasteiger charge is -2.24. The van der Waals surface area contributed by atoms with Crippen LogP contribution in [0.5, 0.6) is 0 Å². The van der Waals surface area contributed by atoms with Crippen LogP contribution in [0.1, 0.15) is 11.3 Å². The molecular weight excluding hydrogens is 451 g/mol. The van der Waals surface area contributed by atoms with Crippen LogP contribution in [0.25, 0.3) is 0 Å². The van der Waals surface area contributed by atoms with Gasteiger partial charge in [0.25, 0.3) is 0 Å². The second kappa shape index (κ2) is 10.4. The number of nitrogens with zero attached hydrogens (tertiary/aromatic N) is 2. The summed E-state index contributed by atoms with van der Waals surface area (Å²) in [5, 5.41) is 6.14. The molecule has 0 fully saturated rings. The van der Waals surface area contributed by atoms with Gasteiger partial charge in [-0.1, -0.05) is 47.6 Å². The number of anilines is 1. The molecule has 2 N–H and O–H groups in total. The van der Waals surface area contributed by atoms with Crippen LogP contribution in [-0.2, 0) is 26.0 Å². The predicted molar refractivity (Wildman–Crippen MR) is 118 cm³/mol. The van der Waals surface area contributed by atoms with Gasteiger partial charge < -0.3 is 14.7 Å². The number of aromatic nitrogens is 1. The average molecular weight is 475 g/mol. The summed E-state index contributed by atoms with van der Waals surface area (Å²) < 4.78 is 46.9. The molecule has 0 saturated heterocycles. The molecule has 2 aromatic carbocycles. The van der Waals surface area contributed by atoms with Gasteiger partial charge in [0.05, 0.1) is 6.54 Å². The Morgan fingerprint density at radius 2 is 1.79 bits per heavy atom. The number of hydrogen-bond donors (Lipinski definition) is 2. The molecule has 33 heavy (non-hydrogen) atoms. The average Bonchev–Trinajstić information content (AvgIpc) is 3.17. The molecular formula is C22H23FN4O5S. The van der Waals surface area contributed by atoms with Crippen molar-refractivity contribution in [3.8, 4) is 0 Å². The van der Waals surface area contributed by atoms with E-state index in [-0.39, 0.29) is 18.8 Å². The number of halogens is 1. The first-order valence-electron chi connectivity index (χ1n) is 9.94. The van der Waals surface area contributed by atoms with Gasteiger partial charge in [-0.05, 0) is 31.0 Å². The molecule has 0 aliphatic heterocycles. The smallest absolute Gasteiger partial charge is 0.245 e. The molecule has 1 unspecified atom stereocenters. The summed E-state index contributed by atoms with van der Waals surface area (Å²) in [5.74, 6) is -1.45. The summed E-state index contributed by atoms with van der Waals surface area (Å²) in [7, 11) is -2.99. The second-order valence-corrected chi connectivity index (χ2v) is 9.04. The number of sulfonamides is 1. The van der Waals surface area contributed by atoms with Crippen molar-refractivity contribution in [2.45, 2.75) is 24.3 Å². The minimum absolute atomic E-state index is 0.00178. The molecule has 174 valence electrons. The third-order valence-electron chi connectivity index (χ3n) is 4.66. The SMILES string of the molecule is Cc1cc(NC(=O)CN(C)C(=O)C(Cc2ccccc2)NS(=O)(=O)c2ccccc2F)no1. The quantitative estimate of drug-likeness (QED) is 0.490. The molecule has 0 radical (unpaired) electrons. The number of rotatable bonds is 9. The highest BCUT2D eigenvalue weighted by Gasteiger charge is 2.30. The molecule has 11 heteroatoms. The van der Waals surface area contributed by atoms with Crippen molar-refractivity contribution in [1.82, 2.24) is 14.8 Å². The largest absolute Gasteiger partial charge is 0.360 e. The van der Waals surface area contributed by atoms with Crippen LogP contribution in [0.3, 0.4) is 0 Å². The van der Waals surface area contributed by atoms with Gasteiger partial charge in [0.15, 0.2) is 5.82 Å². The van der Waals surface area contributed by atoms with E-state index in [1.54, 1.807) is 37.3 Å². The Bertz CT molecular complexity index is 1230. The van der Waals surface area contributed by atoms with E-state index in [2.05, 4.69) is 15.2 Å². The fraction of sp³-hybridized carbons (Fsp3) is 0.227. The Labute approximate surface area is 190 Å². The third kappa shape index (κ3) is 6.46. The number of benzene rings is 2. The third-order valence-corrected chi connectivity index (χ3v) is 6.16. The van der Waals surface area contributed by atoms with E-state index < -0.39 is 38.6 Å². The Balaban J connectivity index is 1.78. The molecule has 2 amide bonds. The van der Waals surface area contributed by atoms with Gasteiger partial charge in [0.2, 0.25) is 21.8 Å². The number of amides is 2. The summed E-state index contributed by atoms with van der Waals surface area (Å²) >= 11 is 0. The molecule has 0 bridgehead atoms. The Morgan fingerprint density at radius 1 is 1.12 bits per heavy atom. The lowest BCUT2D eigenvalue weighted by Crippen LogP contribution is -2.50. The molecule has 1 aromatic heterocycles. The van der Waals surface area contributed by atoms with Crippen molar-refractivity contribution >= 4 is 27.7 Å². The topological polar surface area (TPSA) is 122 Å². The van der Waals surface area contributed by atoms with E-state index in [1.807, 2.05) is 0 Å². The summed E-state index contributed by atoms with van der Waals surface area (Å²) in [6.07, 6.45) is 0.00178. The van der Waals surface area contributed by atoms with E-state index in [1.165, 1.54) is 25.2 Å². The Morgan fingerprint density at radius 3 is 2.42 bits per heavy atom. The van der Waals surface area contributed by atoms with Crippen LogP contribution in [0, 0.1) is 12.7 Å². The number of carbonyl (C=O) groups is 2.